The van der Waals surface area contributed by atoms with Gasteiger partial charge in [-0.25, -0.2) is 0 Å². The Hall–Kier alpha value is -2.06. The number of rotatable bonds is 16. The molecule has 0 aromatic heterocycles. The third-order valence-corrected chi connectivity index (χ3v) is 6.08. The first kappa shape index (κ1) is 31.0. The summed E-state index contributed by atoms with van der Waals surface area (Å²) in [6.07, 6.45) is -0.669. The van der Waals surface area contributed by atoms with Crippen LogP contribution in [0.15, 0.2) is 0 Å². The first-order chi connectivity index (χ1) is 16.4. The van der Waals surface area contributed by atoms with E-state index in [2.05, 4.69) is 10.6 Å². The van der Waals surface area contributed by atoms with Gasteiger partial charge in [0.15, 0.2) is 5.12 Å². The van der Waals surface area contributed by atoms with Gasteiger partial charge < -0.3 is 35.7 Å². The number of carboxylic acid groups (broad SMARTS) is 1. The van der Waals surface area contributed by atoms with Crippen LogP contribution in [0.25, 0.3) is 0 Å². The Balaban J connectivity index is 2.34. The van der Waals surface area contributed by atoms with Gasteiger partial charge in [0.25, 0.3) is 5.97 Å². The van der Waals surface area contributed by atoms with Crippen molar-refractivity contribution in [2.24, 2.45) is 11.1 Å². The highest BCUT2D eigenvalue weighted by atomic mass is 32.2. The van der Waals surface area contributed by atoms with Crippen LogP contribution >= 0.6 is 11.8 Å². The zero-order valence-electron chi connectivity index (χ0n) is 20.6. The van der Waals surface area contributed by atoms with Gasteiger partial charge in [0, 0.05) is 50.6 Å². The van der Waals surface area contributed by atoms with Crippen molar-refractivity contribution in [2.45, 2.75) is 64.4 Å². The largest absolute Gasteiger partial charge is 0.481 e. The van der Waals surface area contributed by atoms with Gasteiger partial charge in [-0.05, 0) is 13.0 Å². The molecule has 1 saturated heterocycles. The fraction of sp³-hybridized carbons (Fsp3) is 0.773. The second-order valence-corrected chi connectivity index (χ2v) is 9.93. The first-order valence-corrected chi connectivity index (χ1v) is 12.4. The Morgan fingerprint density at radius 3 is 2.46 bits per heavy atom. The Bertz CT molecular complexity index is 762. The van der Waals surface area contributed by atoms with E-state index in [9.17, 15) is 24.0 Å². The molecule has 0 spiro atoms. The number of amides is 2. The summed E-state index contributed by atoms with van der Waals surface area (Å²) in [6.45, 7) is 4.64. The van der Waals surface area contributed by atoms with Crippen molar-refractivity contribution in [3.8, 4) is 0 Å². The van der Waals surface area contributed by atoms with E-state index in [1.807, 2.05) is 13.8 Å². The third kappa shape index (κ3) is 11.5. The fourth-order valence-corrected chi connectivity index (χ4v) is 3.89. The fourth-order valence-electron chi connectivity index (χ4n) is 3.19. The maximum Gasteiger partial charge on any atom is 0.303 e. The summed E-state index contributed by atoms with van der Waals surface area (Å²) in [4.78, 5) is 58.4. The summed E-state index contributed by atoms with van der Waals surface area (Å²) in [5.41, 5.74) is 4.95. The number of Topliss-reactive ketones (excluding diaryl/α,β-unsaturated/α-hetero) is 1. The lowest BCUT2D eigenvalue weighted by molar-refractivity contribution is -0.425. The summed E-state index contributed by atoms with van der Waals surface area (Å²) in [5.74, 6) is -3.28. The molecule has 5 N–H and O–H groups in total. The van der Waals surface area contributed by atoms with Gasteiger partial charge in [0.2, 0.25) is 11.8 Å². The topological polar surface area (TPSA) is 183 Å². The van der Waals surface area contributed by atoms with Crippen molar-refractivity contribution in [2.75, 3.05) is 39.1 Å². The number of hydrogen-bond donors (Lipinski definition) is 4. The zero-order chi connectivity index (χ0) is 26.5. The Morgan fingerprint density at radius 1 is 1.11 bits per heavy atom. The third-order valence-electron chi connectivity index (χ3n) is 5.21. The van der Waals surface area contributed by atoms with Gasteiger partial charge in [-0.3, -0.25) is 24.0 Å². The van der Waals surface area contributed by atoms with Crippen molar-refractivity contribution in [3.63, 3.8) is 0 Å². The summed E-state index contributed by atoms with van der Waals surface area (Å²) in [5, 5.41) is 13.5. The lowest BCUT2D eigenvalue weighted by Crippen LogP contribution is -2.59. The molecular formula is C22H37N3O9S. The molecule has 200 valence electrons. The molecule has 2 atom stereocenters. The molecule has 0 bridgehead atoms. The van der Waals surface area contributed by atoms with E-state index in [-0.39, 0.29) is 68.1 Å². The van der Waals surface area contributed by atoms with E-state index in [0.717, 1.165) is 11.8 Å². The minimum Gasteiger partial charge on any atom is -0.481 e. The molecular weight excluding hydrogens is 482 g/mol. The predicted octanol–water partition coefficient (Wildman–Crippen LogP) is 0.173. The minimum absolute atomic E-state index is 0.0320. The van der Waals surface area contributed by atoms with Gasteiger partial charge in [-0.1, -0.05) is 25.6 Å². The summed E-state index contributed by atoms with van der Waals surface area (Å²) >= 11 is 0.896. The number of nitrogens with two attached hydrogens (primary N) is 1. The van der Waals surface area contributed by atoms with E-state index < -0.39 is 29.2 Å². The van der Waals surface area contributed by atoms with E-state index in [0.29, 0.717) is 19.4 Å². The van der Waals surface area contributed by atoms with Gasteiger partial charge in [0.1, 0.15) is 11.9 Å². The van der Waals surface area contributed by atoms with Crippen LogP contribution in [-0.2, 0) is 38.2 Å². The first-order valence-electron chi connectivity index (χ1n) is 11.4. The molecule has 1 unspecified atom stereocenters. The van der Waals surface area contributed by atoms with Crippen molar-refractivity contribution in [1.82, 2.24) is 10.6 Å². The number of methoxy groups -OCH3 is 1. The molecule has 0 aliphatic carbocycles. The van der Waals surface area contributed by atoms with E-state index in [4.69, 9.17) is 25.1 Å². The molecule has 0 aromatic rings. The highest BCUT2D eigenvalue weighted by Crippen LogP contribution is 2.37. The molecule has 0 saturated carbocycles. The van der Waals surface area contributed by atoms with Crippen LogP contribution in [-0.4, -0.2) is 85.0 Å². The smallest absolute Gasteiger partial charge is 0.303 e. The molecule has 0 aromatic carbocycles. The maximum absolute atomic E-state index is 12.8. The van der Waals surface area contributed by atoms with Crippen LogP contribution in [0.4, 0.5) is 0 Å². The Kier molecular flexibility index (Phi) is 13.4. The predicted molar refractivity (Wildman–Crippen MR) is 127 cm³/mol. The molecule has 1 rings (SSSR count). The highest BCUT2D eigenvalue weighted by molar-refractivity contribution is 8.13. The van der Waals surface area contributed by atoms with Crippen LogP contribution in [0, 0.1) is 5.41 Å². The van der Waals surface area contributed by atoms with Crippen molar-refractivity contribution >= 4 is 40.4 Å². The van der Waals surface area contributed by atoms with Crippen molar-refractivity contribution in [1.29, 1.82) is 0 Å². The number of carboxylic acids is 1. The number of carbonyl (C=O) groups is 5. The molecule has 1 fully saturated rings. The van der Waals surface area contributed by atoms with Crippen molar-refractivity contribution in [3.05, 3.63) is 0 Å². The molecule has 2 amide bonds. The normalized spacial score (nSPS) is 21.2. The van der Waals surface area contributed by atoms with Crippen molar-refractivity contribution < 1.29 is 43.3 Å². The van der Waals surface area contributed by atoms with Gasteiger partial charge >= 0.3 is 5.97 Å². The zero-order valence-corrected chi connectivity index (χ0v) is 21.4. The van der Waals surface area contributed by atoms with E-state index >= 15 is 0 Å². The standard InChI is InChI=1S/C22H37N3O9S/c1-21(2)14-33-22(32-3,8-4-9-23)34-19(21)20(31)25-10-7-16(27)24-11-12-35-18(30)13-15(26)5-6-17(28)29/h19H,4-14,23H2,1-3H3,(H,24,27)(H,25,31)(H,28,29)/t19-,22?/m0/s1. The van der Waals surface area contributed by atoms with E-state index in [1.54, 1.807) is 0 Å². The molecule has 35 heavy (non-hydrogen) atoms. The van der Waals surface area contributed by atoms with E-state index in [1.165, 1.54) is 7.11 Å². The Labute approximate surface area is 209 Å². The SMILES string of the molecule is COC1(CCCN)OCC(C)(C)[C@H](C(=O)NCCC(=O)NCCSC(=O)CC(=O)CCC(=O)O)O1. The molecule has 1 heterocycles. The number of carbonyl (C=O) groups excluding carboxylic acids is 4. The van der Waals surface area contributed by atoms with Gasteiger partial charge in [-0.15, -0.1) is 0 Å². The second kappa shape index (κ2) is 15.1. The lowest BCUT2D eigenvalue weighted by Gasteiger charge is -2.46. The maximum atomic E-state index is 12.8. The molecule has 0 radical (unpaired) electrons. The summed E-state index contributed by atoms with van der Waals surface area (Å²) in [7, 11) is 1.44. The van der Waals surface area contributed by atoms with Crippen LogP contribution < -0.4 is 16.4 Å². The van der Waals surface area contributed by atoms with Crippen LogP contribution in [0.5, 0.6) is 0 Å². The Morgan fingerprint density at radius 2 is 1.83 bits per heavy atom. The van der Waals surface area contributed by atoms with Crippen LogP contribution in [0.2, 0.25) is 0 Å². The molecule has 1 aliphatic rings. The minimum atomic E-state index is -1.34. The van der Waals surface area contributed by atoms with Gasteiger partial charge in [0.05, 0.1) is 19.4 Å². The lowest BCUT2D eigenvalue weighted by atomic mass is 9.85. The van der Waals surface area contributed by atoms with Gasteiger partial charge in [-0.2, -0.15) is 0 Å². The molecule has 1 aliphatic heterocycles. The van der Waals surface area contributed by atoms with Crippen LogP contribution in [0.3, 0.4) is 0 Å². The number of aliphatic carboxylic acids is 1. The van der Waals surface area contributed by atoms with Crippen LogP contribution in [0.1, 0.15) is 52.4 Å². The molecule has 13 heteroatoms. The monoisotopic (exact) mass is 519 g/mol. The summed E-state index contributed by atoms with van der Waals surface area (Å²) < 4.78 is 17.1. The average Bonchev–Trinajstić information content (AvgIpc) is 2.80. The highest BCUT2D eigenvalue weighted by Gasteiger charge is 2.50. The number of ether oxygens (including phenoxy) is 3. The quantitative estimate of drug-likeness (QED) is 0.161. The second-order valence-electron chi connectivity index (χ2n) is 8.78. The number of hydrogen-bond acceptors (Lipinski definition) is 10. The average molecular weight is 520 g/mol. The number of ketones is 1. The number of thioether (sulfide) groups is 1. The number of nitrogens with one attached hydrogen (secondary N) is 2. The molecule has 12 nitrogen and oxygen atoms in total. The summed E-state index contributed by atoms with van der Waals surface area (Å²) in [6, 6.07) is 0.